The molecule has 1 saturated heterocycles. The molecular formula is C28H36N4O3. The van der Waals surface area contributed by atoms with Gasteiger partial charge in [0.15, 0.2) is 0 Å². The van der Waals surface area contributed by atoms with Crippen molar-refractivity contribution in [3.8, 4) is 11.5 Å². The highest BCUT2D eigenvalue weighted by molar-refractivity contribution is 5.49. The maximum Gasteiger partial charge on any atom is 0.137 e. The molecule has 3 aromatic rings. The van der Waals surface area contributed by atoms with Crippen molar-refractivity contribution in [3.05, 3.63) is 78.0 Å². The molecular weight excluding hydrogens is 440 g/mol. The quantitative estimate of drug-likeness (QED) is 0.413. The molecule has 0 saturated carbocycles. The fraction of sp³-hybridized carbons (Fsp3) is 0.393. The van der Waals surface area contributed by atoms with E-state index in [4.69, 9.17) is 19.2 Å². The third-order valence-corrected chi connectivity index (χ3v) is 6.13. The van der Waals surface area contributed by atoms with E-state index >= 15 is 0 Å². The second-order valence-corrected chi connectivity index (χ2v) is 8.93. The Morgan fingerprint density at radius 3 is 2.34 bits per heavy atom. The second-order valence-electron chi connectivity index (χ2n) is 8.93. The Morgan fingerprint density at radius 1 is 0.914 bits per heavy atom. The number of aromatic nitrogens is 1. The van der Waals surface area contributed by atoms with E-state index in [0.717, 1.165) is 56.7 Å². The first-order valence-corrected chi connectivity index (χ1v) is 12.1. The molecule has 0 aliphatic carbocycles. The molecule has 0 bridgehead atoms. The molecule has 7 nitrogen and oxygen atoms in total. The highest BCUT2D eigenvalue weighted by Gasteiger charge is 2.13. The Balaban J connectivity index is 1.46. The predicted molar refractivity (Wildman–Crippen MR) is 141 cm³/mol. The average molecular weight is 477 g/mol. The van der Waals surface area contributed by atoms with E-state index in [1.807, 2.05) is 30.5 Å². The predicted octanol–water partition coefficient (Wildman–Crippen LogP) is 4.07. The van der Waals surface area contributed by atoms with E-state index in [-0.39, 0.29) is 0 Å². The van der Waals surface area contributed by atoms with Crippen molar-refractivity contribution in [2.45, 2.75) is 13.1 Å². The molecule has 1 aliphatic rings. The maximum atomic E-state index is 5.97. The van der Waals surface area contributed by atoms with Crippen molar-refractivity contribution in [2.75, 3.05) is 70.5 Å². The summed E-state index contributed by atoms with van der Waals surface area (Å²) in [6.07, 6.45) is 1.82. The summed E-state index contributed by atoms with van der Waals surface area (Å²) < 4.78 is 16.8. The number of rotatable bonds is 11. The fourth-order valence-electron chi connectivity index (χ4n) is 4.12. The van der Waals surface area contributed by atoms with E-state index in [2.05, 4.69) is 65.2 Å². The van der Waals surface area contributed by atoms with Crippen LogP contribution >= 0.6 is 0 Å². The SMILES string of the molecule is COc1cccc(CN(Cc2cccc(N(C)C)c2)c2ccc(OCCN3CCOCC3)cn2)c1. The topological polar surface area (TPSA) is 50.3 Å². The van der Waals surface area contributed by atoms with Crippen LogP contribution in [-0.4, -0.2) is 70.5 Å². The van der Waals surface area contributed by atoms with Gasteiger partial charge in [0.25, 0.3) is 0 Å². The lowest BCUT2D eigenvalue weighted by molar-refractivity contribution is 0.0322. The molecule has 0 spiro atoms. The highest BCUT2D eigenvalue weighted by Crippen LogP contribution is 2.24. The molecule has 2 heterocycles. The summed E-state index contributed by atoms with van der Waals surface area (Å²) in [5, 5.41) is 0. The molecule has 0 atom stereocenters. The Bertz CT molecular complexity index is 1050. The fourth-order valence-corrected chi connectivity index (χ4v) is 4.12. The largest absolute Gasteiger partial charge is 0.497 e. The van der Waals surface area contributed by atoms with Gasteiger partial charge < -0.3 is 24.0 Å². The minimum atomic E-state index is 0.645. The monoisotopic (exact) mass is 476 g/mol. The molecule has 4 rings (SSSR count). The lowest BCUT2D eigenvalue weighted by Gasteiger charge is -2.26. The number of nitrogens with zero attached hydrogens (tertiary/aromatic N) is 4. The maximum absolute atomic E-state index is 5.97. The zero-order chi connectivity index (χ0) is 24.5. The van der Waals surface area contributed by atoms with E-state index in [1.54, 1.807) is 7.11 Å². The van der Waals surface area contributed by atoms with Crippen molar-refractivity contribution in [2.24, 2.45) is 0 Å². The highest BCUT2D eigenvalue weighted by atomic mass is 16.5. The summed E-state index contributed by atoms with van der Waals surface area (Å²) in [4.78, 5) is 11.5. The Labute approximate surface area is 208 Å². The third kappa shape index (κ3) is 7.34. The number of morpholine rings is 1. The van der Waals surface area contributed by atoms with E-state index in [1.165, 1.54) is 16.8 Å². The molecule has 0 N–H and O–H groups in total. The minimum Gasteiger partial charge on any atom is -0.497 e. The van der Waals surface area contributed by atoms with Gasteiger partial charge >= 0.3 is 0 Å². The van der Waals surface area contributed by atoms with E-state index in [9.17, 15) is 0 Å². The average Bonchev–Trinajstić information content (AvgIpc) is 2.89. The lowest BCUT2D eigenvalue weighted by atomic mass is 10.1. The number of anilines is 2. The summed E-state index contributed by atoms with van der Waals surface area (Å²) in [5.41, 5.74) is 3.58. The number of methoxy groups -OCH3 is 1. The standard InChI is InChI=1S/C28H36N4O3/c1-30(2)25-8-4-6-23(18-25)21-32(22-24-7-5-9-26(19-24)33-3)28-11-10-27(20-29-28)35-17-14-31-12-15-34-16-13-31/h4-11,18-20H,12-17,21-22H2,1-3H3. The molecule has 0 unspecified atom stereocenters. The molecule has 1 aromatic heterocycles. The smallest absolute Gasteiger partial charge is 0.137 e. The summed E-state index contributed by atoms with van der Waals surface area (Å²) in [6.45, 7) is 6.54. The van der Waals surface area contributed by atoms with Crippen LogP contribution in [0.1, 0.15) is 11.1 Å². The van der Waals surface area contributed by atoms with Crippen LogP contribution in [0, 0.1) is 0 Å². The summed E-state index contributed by atoms with van der Waals surface area (Å²) in [5.74, 6) is 2.55. The molecule has 1 aliphatic heterocycles. The zero-order valence-corrected chi connectivity index (χ0v) is 21.0. The molecule has 0 radical (unpaired) electrons. The van der Waals surface area contributed by atoms with Crippen molar-refractivity contribution in [1.82, 2.24) is 9.88 Å². The van der Waals surface area contributed by atoms with Gasteiger partial charge in [-0.15, -0.1) is 0 Å². The van der Waals surface area contributed by atoms with Crippen LogP contribution in [0.5, 0.6) is 11.5 Å². The van der Waals surface area contributed by atoms with E-state index < -0.39 is 0 Å². The van der Waals surface area contributed by atoms with Gasteiger partial charge in [-0.25, -0.2) is 4.98 Å². The molecule has 0 amide bonds. The van der Waals surface area contributed by atoms with Crippen LogP contribution in [0.4, 0.5) is 11.5 Å². The molecule has 186 valence electrons. The van der Waals surface area contributed by atoms with Crippen molar-refractivity contribution in [3.63, 3.8) is 0 Å². The first kappa shape index (κ1) is 24.8. The van der Waals surface area contributed by atoms with Crippen LogP contribution < -0.4 is 19.3 Å². The van der Waals surface area contributed by atoms with Crippen LogP contribution in [0.2, 0.25) is 0 Å². The van der Waals surface area contributed by atoms with Gasteiger partial charge in [0.2, 0.25) is 0 Å². The summed E-state index contributed by atoms with van der Waals surface area (Å²) >= 11 is 0. The zero-order valence-electron chi connectivity index (χ0n) is 21.0. The van der Waals surface area contributed by atoms with Crippen LogP contribution in [0.15, 0.2) is 66.9 Å². The van der Waals surface area contributed by atoms with Crippen molar-refractivity contribution >= 4 is 11.5 Å². The van der Waals surface area contributed by atoms with Crippen LogP contribution in [-0.2, 0) is 17.8 Å². The van der Waals surface area contributed by atoms with Gasteiger partial charge in [-0.1, -0.05) is 24.3 Å². The van der Waals surface area contributed by atoms with Gasteiger partial charge in [0, 0.05) is 52.5 Å². The van der Waals surface area contributed by atoms with Gasteiger partial charge in [0.05, 0.1) is 26.5 Å². The molecule has 2 aromatic carbocycles. The Hall–Kier alpha value is -3.29. The first-order chi connectivity index (χ1) is 17.1. The Morgan fingerprint density at radius 2 is 1.66 bits per heavy atom. The summed E-state index contributed by atoms with van der Waals surface area (Å²) in [7, 11) is 5.82. The molecule has 7 heteroatoms. The van der Waals surface area contributed by atoms with Crippen molar-refractivity contribution in [1.29, 1.82) is 0 Å². The second kappa shape index (κ2) is 12.4. The van der Waals surface area contributed by atoms with Gasteiger partial charge in [0.1, 0.15) is 23.9 Å². The minimum absolute atomic E-state index is 0.645. The third-order valence-electron chi connectivity index (χ3n) is 6.13. The van der Waals surface area contributed by atoms with Gasteiger partial charge in [-0.3, -0.25) is 4.90 Å². The lowest BCUT2D eigenvalue weighted by Crippen LogP contribution is -2.38. The molecule has 35 heavy (non-hydrogen) atoms. The Kier molecular flexibility index (Phi) is 8.81. The first-order valence-electron chi connectivity index (χ1n) is 12.1. The number of pyridine rings is 1. The number of hydrogen-bond donors (Lipinski definition) is 0. The van der Waals surface area contributed by atoms with Gasteiger partial charge in [-0.05, 0) is 47.5 Å². The summed E-state index contributed by atoms with van der Waals surface area (Å²) in [6, 6.07) is 20.9. The van der Waals surface area contributed by atoms with Crippen molar-refractivity contribution < 1.29 is 14.2 Å². The number of ether oxygens (including phenoxy) is 3. The normalized spacial score (nSPS) is 13.9. The van der Waals surface area contributed by atoms with Crippen LogP contribution in [0.3, 0.4) is 0 Å². The number of hydrogen-bond acceptors (Lipinski definition) is 7. The number of benzene rings is 2. The van der Waals surface area contributed by atoms with E-state index in [0.29, 0.717) is 13.2 Å². The molecule has 1 fully saturated rings. The van der Waals surface area contributed by atoms with Crippen LogP contribution in [0.25, 0.3) is 0 Å². The van der Waals surface area contributed by atoms with Gasteiger partial charge in [-0.2, -0.15) is 0 Å².